The van der Waals surface area contributed by atoms with Crippen LogP contribution in [0.4, 0.5) is 0 Å². The van der Waals surface area contributed by atoms with Crippen molar-refractivity contribution < 1.29 is 18.3 Å². The van der Waals surface area contributed by atoms with Crippen LogP contribution in [0.3, 0.4) is 0 Å². The lowest BCUT2D eigenvalue weighted by molar-refractivity contribution is -0.138. The number of hydrogen-bond acceptors (Lipinski definition) is 5. The van der Waals surface area contributed by atoms with Gasteiger partial charge in [-0.05, 0) is 22.4 Å². The van der Waals surface area contributed by atoms with Crippen LogP contribution in [0, 0.1) is 0 Å². The van der Waals surface area contributed by atoms with Crippen LogP contribution in [0.25, 0.3) is 0 Å². The molecule has 0 spiro atoms. The van der Waals surface area contributed by atoms with Crippen LogP contribution in [-0.4, -0.2) is 48.5 Å². The summed E-state index contributed by atoms with van der Waals surface area (Å²) < 4.78 is 23.1. The van der Waals surface area contributed by atoms with Crippen LogP contribution in [0.15, 0.2) is 16.8 Å². The summed E-state index contributed by atoms with van der Waals surface area (Å²) in [4.78, 5) is 12.8. The van der Waals surface area contributed by atoms with Crippen molar-refractivity contribution in [2.75, 3.05) is 18.1 Å². The van der Waals surface area contributed by atoms with Gasteiger partial charge in [0.25, 0.3) is 0 Å². The van der Waals surface area contributed by atoms with E-state index in [1.807, 2.05) is 21.7 Å². The molecule has 0 saturated carbocycles. The fraction of sp³-hybridized carbons (Fsp3) is 0.545. The van der Waals surface area contributed by atoms with E-state index < -0.39 is 21.8 Å². The molecule has 1 aromatic heterocycles. The predicted octanol–water partition coefficient (Wildman–Crippen LogP) is 0.822. The Kier molecular flexibility index (Phi) is 4.04. The molecule has 0 aliphatic carbocycles. The molecule has 18 heavy (non-hydrogen) atoms. The quantitative estimate of drug-likeness (QED) is 0.888. The first-order chi connectivity index (χ1) is 8.46. The lowest BCUT2D eigenvalue weighted by Crippen LogP contribution is -2.48. The zero-order chi connectivity index (χ0) is 13.2. The van der Waals surface area contributed by atoms with Crippen LogP contribution in [0.1, 0.15) is 12.0 Å². The van der Waals surface area contributed by atoms with Gasteiger partial charge in [0.1, 0.15) is 0 Å². The zero-order valence-corrected chi connectivity index (χ0v) is 11.4. The van der Waals surface area contributed by atoms with Gasteiger partial charge in [-0.3, -0.25) is 9.69 Å². The van der Waals surface area contributed by atoms with Crippen molar-refractivity contribution in [1.82, 2.24) is 4.90 Å². The number of carboxylic acids is 1. The van der Waals surface area contributed by atoms with Gasteiger partial charge < -0.3 is 5.11 Å². The van der Waals surface area contributed by atoms with Crippen LogP contribution in [0.5, 0.6) is 0 Å². The molecule has 100 valence electrons. The average Bonchev–Trinajstić information content (AvgIpc) is 2.73. The maximum absolute atomic E-state index is 11.6. The molecule has 1 saturated heterocycles. The summed E-state index contributed by atoms with van der Waals surface area (Å²) in [5.41, 5.74) is 1.11. The molecular formula is C11H15NO4S2. The van der Waals surface area contributed by atoms with Gasteiger partial charge in [0.2, 0.25) is 0 Å². The first kappa shape index (κ1) is 13.5. The van der Waals surface area contributed by atoms with E-state index in [2.05, 4.69) is 0 Å². The van der Waals surface area contributed by atoms with Crippen molar-refractivity contribution in [1.29, 1.82) is 0 Å². The highest BCUT2D eigenvalue weighted by molar-refractivity contribution is 7.91. The summed E-state index contributed by atoms with van der Waals surface area (Å²) in [7, 11) is -3.09. The number of sulfone groups is 1. The molecule has 0 amide bonds. The number of rotatable bonds is 4. The van der Waals surface area contributed by atoms with Gasteiger partial charge in [0, 0.05) is 19.1 Å². The SMILES string of the molecule is O=C(O)CC1CS(=O)(=O)CCN1Cc1ccsc1. The second-order valence-corrected chi connectivity index (χ2v) is 7.48. The standard InChI is InChI=1S/C11H15NO4S2/c13-11(14)5-10-8-18(15,16)4-2-12(10)6-9-1-3-17-7-9/h1,3,7,10H,2,4-6,8H2,(H,13,14). The fourth-order valence-corrected chi connectivity index (χ4v) is 4.39. The Bertz CT molecular complexity index is 509. The topological polar surface area (TPSA) is 74.7 Å². The molecule has 1 unspecified atom stereocenters. The number of nitrogens with zero attached hydrogens (tertiary/aromatic N) is 1. The second-order valence-electron chi connectivity index (χ2n) is 4.47. The van der Waals surface area contributed by atoms with Crippen LogP contribution < -0.4 is 0 Å². The van der Waals surface area contributed by atoms with E-state index in [0.29, 0.717) is 13.1 Å². The molecule has 1 aliphatic rings. The lowest BCUT2D eigenvalue weighted by Gasteiger charge is -2.34. The van der Waals surface area contributed by atoms with Crippen LogP contribution in [-0.2, 0) is 21.2 Å². The summed E-state index contributed by atoms with van der Waals surface area (Å²) in [5.74, 6) is -0.885. The average molecular weight is 289 g/mol. The predicted molar refractivity (Wildman–Crippen MR) is 69.4 cm³/mol. The first-order valence-electron chi connectivity index (χ1n) is 5.63. The third-order valence-corrected chi connectivity index (χ3v) is 5.46. The molecular weight excluding hydrogens is 274 g/mol. The number of carboxylic acid groups (broad SMARTS) is 1. The largest absolute Gasteiger partial charge is 0.481 e. The molecule has 1 fully saturated rings. The van der Waals surface area contributed by atoms with Gasteiger partial charge in [-0.25, -0.2) is 8.42 Å². The minimum atomic E-state index is -3.09. The highest BCUT2D eigenvalue weighted by Crippen LogP contribution is 2.19. The van der Waals surface area contributed by atoms with E-state index in [1.165, 1.54) is 0 Å². The van der Waals surface area contributed by atoms with Crippen molar-refractivity contribution in [2.45, 2.75) is 19.0 Å². The fourth-order valence-electron chi connectivity index (χ4n) is 2.14. The number of hydrogen-bond donors (Lipinski definition) is 1. The molecule has 1 aromatic rings. The van der Waals surface area contributed by atoms with Gasteiger partial charge >= 0.3 is 5.97 Å². The molecule has 7 heteroatoms. The molecule has 2 rings (SSSR count). The minimum Gasteiger partial charge on any atom is -0.481 e. The molecule has 2 heterocycles. The maximum atomic E-state index is 11.6. The van der Waals surface area contributed by atoms with Crippen molar-refractivity contribution >= 4 is 27.1 Å². The van der Waals surface area contributed by atoms with Gasteiger partial charge in [0.05, 0.1) is 17.9 Å². The Morgan fingerprint density at radius 2 is 2.33 bits per heavy atom. The maximum Gasteiger partial charge on any atom is 0.304 e. The van der Waals surface area contributed by atoms with E-state index >= 15 is 0 Å². The minimum absolute atomic E-state index is 0.0521. The normalized spacial score (nSPS) is 23.9. The van der Waals surface area contributed by atoms with Crippen LogP contribution >= 0.6 is 11.3 Å². The Hall–Kier alpha value is -0.920. The molecule has 0 radical (unpaired) electrons. The first-order valence-corrected chi connectivity index (χ1v) is 8.40. The van der Waals surface area contributed by atoms with E-state index in [0.717, 1.165) is 5.56 Å². The van der Waals surface area contributed by atoms with Crippen molar-refractivity contribution in [2.24, 2.45) is 0 Å². The van der Waals surface area contributed by atoms with E-state index in [-0.39, 0.29) is 17.9 Å². The van der Waals surface area contributed by atoms with Gasteiger partial charge in [-0.1, -0.05) is 0 Å². The summed E-state index contributed by atoms with van der Waals surface area (Å²) in [5, 5.41) is 12.8. The smallest absolute Gasteiger partial charge is 0.304 e. The Morgan fingerprint density at radius 3 is 2.94 bits per heavy atom. The second kappa shape index (κ2) is 5.38. The summed E-state index contributed by atoms with van der Waals surface area (Å²) in [6.45, 7) is 1.03. The lowest BCUT2D eigenvalue weighted by atomic mass is 10.1. The van der Waals surface area contributed by atoms with Gasteiger partial charge in [0.15, 0.2) is 9.84 Å². The highest BCUT2D eigenvalue weighted by Gasteiger charge is 2.32. The molecule has 0 bridgehead atoms. The monoisotopic (exact) mass is 289 g/mol. The van der Waals surface area contributed by atoms with Crippen molar-refractivity contribution in [3.8, 4) is 0 Å². The third-order valence-electron chi connectivity index (χ3n) is 3.03. The highest BCUT2D eigenvalue weighted by atomic mass is 32.2. The molecule has 1 N–H and O–H groups in total. The van der Waals surface area contributed by atoms with Crippen molar-refractivity contribution in [3.63, 3.8) is 0 Å². The van der Waals surface area contributed by atoms with E-state index in [4.69, 9.17) is 5.11 Å². The number of thiophene rings is 1. The van der Waals surface area contributed by atoms with Gasteiger partial charge in [-0.15, -0.1) is 0 Å². The number of aliphatic carboxylic acids is 1. The Balaban J connectivity index is 2.09. The molecule has 1 atom stereocenters. The Morgan fingerprint density at radius 1 is 1.56 bits per heavy atom. The van der Waals surface area contributed by atoms with Crippen molar-refractivity contribution in [3.05, 3.63) is 22.4 Å². The van der Waals surface area contributed by atoms with E-state index in [1.54, 1.807) is 11.3 Å². The summed E-state index contributed by atoms with van der Waals surface area (Å²) in [6, 6.07) is 1.56. The Labute approximate surface area is 110 Å². The molecule has 1 aliphatic heterocycles. The van der Waals surface area contributed by atoms with Gasteiger partial charge in [-0.2, -0.15) is 11.3 Å². The zero-order valence-electron chi connectivity index (χ0n) is 9.78. The third kappa shape index (κ3) is 3.54. The van der Waals surface area contributed by atoms with Crippen LogP contribution in [0.2, 0.25) is 0 Å². The number of carbonyl (C=O) groups is 1. The summed E-state index contributed by atoms with van der Waals surface area (Å²) in [6.07, 6.45) is -0.122. The van der Waals surface area contributed by atoms with E-state index in [9.17, 15) is 13.2 Å². The molecule has 0 aromatic carbocycles. The molecule has 5 nitrogen and oxygen atoms in total. The summed E-state index contributed by atoms with van der Waals surface area (Å²) >= 11 is 1.58.